The van der Waals surface area contributed by atoms with Crippen molar-refractivity contribution in [3.63, 3.8) is 0 Å². The van der Waals surface area contributed by atoms with Crippen LogP contribution in [0.15, 0.2) is 45.8 Å². The third-order valence-electron chi connectivity index (χ3n) is 4.10. The first-order chi connectivity index (χ1) is 12.7. The van der Waals surface area contributed by atoms with Gasteiger partial charge in [-0.2, -0.15) is 22.5 Å². The molecule has 0 radical (unpaired) electrons. The van der Waals surface area contributed by atoms with Crippen LogP contribution in [0.1, 0.15) is 16.3 Å². The standard InChI is InChI=1S/C16H12F3N3O3S2/c17-16(18,19)15-20-14(21-25-15)13-8-10-9-22(7-6-12(10)26-13)27(23,24)11-4-2-1-3-5-11/h1-5,8H,6-7,9H2. The van der Waals surface area contributed by atoms with Crippen molar-refractivity contribution in [3.05, 3.63) is 52.7 Å². The first-order valence-electron chi connectivity index (χ1n) is 7.83. The van der Waals surface area contributed by atoms with Crippen LogP contribution in [0.2, 0.25) is 0 Å². The van der Waals surface area contributed by atoms with Gasteiger partial charge in [-0.3, -0.25) is 0 Å². The van der Waals surface area contributed by atoms with Crippen LogP contribution in [0.25, 0.3) is 10.7 Å². The van der Waals surface area contributed by atoms with Gasteiger partial charge in [-0.15, -0.1) is 11.3 Å². The summed E-state index contributed by atoms with van der Waals surface area (Å²) in [6.07, 6.45) is -4.24. The number of rotatable bonds is 3. The summed E-state index contributed by atoms with van der Waals surface area (Å²) in [5.41, 5.74) is 0.735. The molecular formula is C16H12F3N3O3S2. The van der Waals surface area contributed by atoms with E-state index >= 15 is 0 Å². The fourth-order valence-electron chi connectivity index (χ4n) is 2.80. The Labute approximate surface area is 156 Å². The highest BCUT2D eigenvalue weighted by Gasteiger charge is 2.39. The lowest BCUT2D eigenvalue weighted by molar-refractivity contribution is -0.159. The van der Waals surface area contributed by atoms with E-state index in [-0.39, 0.29) is 17.3 Å². The van der Waals surface area contributed by atoms with E-state index in [1.165, 1.54) is 27.8 Å². The fraction of sp³-hybridized carbons (Fsp3) is 0.250. The van der Waals surface area contributed by atoms with Crippen LogP contribution >= 0.6 is 11.3 Å². The zero-order valence-electron chi connectivity index (χ0n) is 13.6. The Morgan fingerprint density at radius 1 is 1.19 bits per heavy atom. The topological polar surface area (TPSA) is 76.3 Å². The molecular weight excluding hydrogens is 403 g/mol. The van der Waals surface area contributed by atoms with Gasteiger partial charge >= 0.3 is 12.1 Å². The van der Waals surface area contributed by atoms with Crippen molar-refractivity contribution in [2.75, 3.05) is 6.54 Å². The number of thiophene rings is 1. The molecule has 6 nitrogen and oxygen atoms in total. The second-order valence-electron chi connectivity index (χ2n) is 5.88. The number of hydrogen-bond acceptors (Lipinski definition) is 6. The van der Waals surface area contributed by atoms with Crippen LogP contribution in [0.3, 0.4) is 0 Å². The predicted octanol–water partition coefficient (Wildman–Crippen LogP) is 3.56. The van der Waals surface area contributed by atoms with Crippen LogP contribution in [0.4, 0.5) is 13.2 Å². The monoisotopic (exact) mass is 415 g/mol. The first-order valence-corrected chi connectivity index (χ1v) is 10.1. The molecule has 142 valence electrons. The molecule has 0 atom stereocenters. The van der Waals surface area contributed by atoms with Gasteiger partial charge in [-0.1, -0.05) is 23.4 Å². The number of aromatic nitrogens is 2. The van der Waals surface area contributed by atoms with Crippen molar-refractivity contribution in [3.8, 4) is 10.7 Å². The smallest absolute Gasteiger partial charge is 0.329 e. The molecule has 11 heteroatoms. The highest BCUT2D eigenvalue weighted by Crippen LogP contribution is 2.36. The third-order valence-corrected chi connectivity index (χ3v) is 7.19. The second kappa shape index (κ2) is 6.43. The normalized spacial score (nSPS) is 15.7. The van der Waals surface area contributed by atoms with E-state index in [4.69, 9.17) is 0 Å². The van der Waals surface area contributed by atoms with E-state index in [0.29, 0.717) is 17.8 Å². The number of benzene rings is 1. The van der Waals surface area contributed by atoms with E-state index in [0.717, 1.165) is 10.4 Å². The molecule has 0 fully saturated rings. The van der Waals surface area contributed by atoms with Crippen LogP contribution < -0.4 is 0 Å². The van der Waals surface area contributed by atoms with Gasteiger partial charge in [-0.25, -0.2) is 8.42 Å². The summed E-state index contributed by atoms with van der Waals surface area (Å²) < 4.78 is 69.0. The number of hydrogen-bond donors (Lipinski definition) is 0. The minimum atomic E-state index is -4.71. The maximum Gasteiger partial charge on any atom is 0.471 e. The lowest BCUT2D eigenvalue weighted by Gasteiger charge is -2.26. The average Bonchev–Trinajstić information content (AvgIpc) is 3.28. The maximum atomic E-state index is 12.8. The lowest BCUT2D eigenvalue weighted by atomic mass is 10.1. The molecule has 1 aromatic carbocycles. The predicted molar refractivity (Wildman–Crippen MR) is 90.4 cm³/mol. The van der Waals surface area contributed by atoms with Gasteiger partial charge in [0.25, 0.3) is 0 Å². The van der Waals surface area contributed by atoms with Gasteiger partial charge in [0.1, 0.15) is 0 Å². The van der Waals surface area contributed by atoms with Crippen LogP contribution in [-0.2, 0) is 29.2 Å². The third kappa shape index (κ3) is 3.37. The highest BCUT2D eigenvalue weighted by atomic mass is 32.2. The molecule has 0 unspecified atom stereocenters. The van der Waals surface area contributed by atoms with E-state index < -0.39 is 22.1 Å². The lowest BCUT2D eigenvalue weighted by Crippen LogP contribution is -2.35. The largest absolute Gasteiger partial charge is 0.471 e. The highest BCUT2D eigenvalue weighted by molar-refractivity contribution is 7.89. The van der Waals surface area contributed by atoms with Gasteiger partial charge in [0, 0.05) is 18.0 Å². The number of sulfonamides is 1. The van der Waals surface area contributed by atoms with Crippen molar-refractivity contribution in [1.82, 2.24) is 14.4 Å². The van der Waals surface area contributed by atoms with Crippen LogP contribution in [-0.4, -0.2) is 29.4 Å². The number of halogens is 3. The summed E-state index contributed by atoms with van der Waals surface area (Å²) in [4.78, 5) is 4.91. The van der Waals surface area contributed by atoms with E-state index in [1.54, 1.807) is 24.3 Å². The molecule has 1 aliphatic rings. The Bertz CT molecular complexity index is 1080. The average molecular weight is 415 g/mol. The van der Waals surface area contributed by atoms with E-state index in [2.05, 4.69) is 14.7 Å². The summed E-state index contributed by atoms with van der Waals surface area (Å²) >= 11 is 1.25. The molecule has 0 aliphatic carbocycles. The van der Waals surface area contributed by atoms with Gasteiger partial charge in [0.05, 0.1) is 9.77 Å². The fourth-order valence-corrected chi connectivity index (χ4v) is 5.33. The van der Waals surface area contributed by atoms with E-state index in [9.17, 15) is 21.6 Å². The van der Waals surface area contributed by atoms with Crippen LogP contribution in [0, 0.1) is 0 Å². The Hall–Kier alpha value is -2.24. The molecule has 0 spiro atoms. The summed E-state index contributed by atoms with van der Waals surface area (Å²) in [7, 11) is -3.64. The molecule has 0 saturated heterocycles. The number of alkyl halides is 3. The molecule has 3 heterocycles. The molecule has 27 heavy (non-hydrogen) atoms. The summed E-state index contributed by atoms with van der Waals surface area (Å²) in [6.45, 7) is 0.442. The van der Waals surface area contributed by atoms with Gasteiger partial charge in [-0.05, 0) is 30.2 Å². The molecule has 0 N–H and O–H groups in total. The summed E-state index contributed by atoms with van der Waals surface area (Å²) in [6, 6.07) is 9.72. The Morgan fingerprint density at radius 2 is 1.93 bits per heavy atom. The molecule has 0 amide bonds. The van der Waals surface area contributed by atoms with Crippen molar-refractivity contribution in [2.24, 2.45) is 0 Å². The molecule has 1 aliphatic heterocycles. The molecule has 0 bridgehead atoms. The van der Waals surface area contributed by atoms with E-state index in [1.807, 2.05) is 0 Å². The van der Waals surface area contributed by atoms with Crippen molar-refractivity contribution in [2.45, 2.75) is 24.0 Å². The van der Waals surface area contributed by atoms with Gasteiger partial charge < -0.3 is 4.52 Å². The minimum Gasteiger partial charge on any atom is -0.329 e. The zero-order valence-corrected chi connectivity index (χ0v) is 15.2. The zero-order chi connectivity index (χ0) is 19.2. The quantitative estimate of drug-likeness (QED) is 0.654. The first kappa shape index (κ1) is 18.1. The minimum absolute atomic E-state index is 0.146. The van der Waals surface area contributed by atoms with Crippen molar-refractivity contribution < 1.29 is 26.1 Å². The van der Waals surface area contributed by atoms with Gasteiger partial charge in [0.2, 0.25) is 15.8 Å². The second-order valence-corrected chi connectivity index (χ2v) is 8.96. The summed E-state index contributed by atoms with van der Waals surface area (Å²) in [5, 5.41) is 3.38. The van der Waals surface area contributed by atoms with Crippen LogP contribution in [0.5, 0.6) is 0 Å². The van der Waals surface area contributed by atoms with Gasteiger partial charge in [0.15, 0.2) is 0 Å². The Balaban J connectivity index is 1.61. The Kier molecular flexibility index (Phi) is 4.32. The number of nitrogens with zero attached hydrogens (tertiary/aromatic N) is 3. The summed E-state index contributed by atoms with van der Waals surface area (Å²) in [5.74, 6) is -1.56. The van der Waals surface area contributed by atoms with Crippen molar-refractivity contribution in [1.29, 1.82) is 0 Å². The van der Waals surface area contributed by atoms with Crippen molar-refractivity contribution >= 4 is 21.4 Å². The maximum absolute atomic E-state index is 12.8. The molecule has 0 saturated carbocycles. The molecule has 3 aromatic rings. The molecule has 2 aromatic heterocycles. The SMILES string of the molecule is O=S(=O)(c1ccccc1)N1CCc2sc(-c3noc(C(F)(F)F)n3)cc2C1. The molecule has 4 rings (SSSR count). The Morgan fingerprint density at radius 3 is 2.59 bits per heavy atom. The number of fused-ring (bicyclic) bond motifs is 1.